The van der Waals surface area contributed by atoms with E-state index in [0.717, 1.165) is 17.7 Å². The lowest BCUT2D eigenvalue weighted by Gasteiger charge is -2.09. The van der Waals surface area contributed by atoms with E-state index in [-0.39, 0.29) is 22.4 Å². The van der Waals surface area contributed by atoms with Gasteiger partial charge in [0.15, 0.2) is 0 Å². The number of aliphatic hydroxyl groups is 1. The molecule has 0 aliphatic heterocycles. The Balaban J connectivity index is 2.27. The highest BCUT2D eigenvalue weighted by Crippen LogP contribution is 2.21. The lowest BCUT2D eigenvalue weighted by atomic mass is 10.1. The summed E-state index contributed by atoms with van der Waals surface area (Å²) >= 11 is 0. The van der Waals surface area contributed by atoms with Gasteiger partial charge in [-0.2, -0.15) is 0 Å². The molecule has 3 N–H and O–H groups in total. The molecule has 112 valence electrons. The molecule has 1 atom stereocenters. The van der Waals surface area contributed by atoms with Crippen molar-refractivity contribution >= 4 is 9.84 Å². The minimum absolute atomic E-state index is 0.0451. The van der Waals surface area contributed by atoms with E-state index in [4.69, 9.17) is 10.8 Å². The Labute approximate surface area is 123 Å². The quantitative estimate of drug-likeness (QED) is 0.821. The molecule has 0 aromatic heterocycles. The molecule has 2 rings (SSSR count). The van der Waals surface area contributed by atoms with Gasteiger partial charge in [-0.3, -0.25) is 0 Å². The Morgan fingerprint density at radius 2 is 1.48 bits per heavy atom. The second kappa shape index (κ2) is 6.34. The third kappa shape index (κ3) is 3.66. The van der Waals surface area contributed by atoms with E-state index in [9.17, 15) is 12.8 Å². The van der Waals surface area contributed by atoms with Gasteiger partial charge in [0, 0.05) is 6.04 Å². The molecule has 6 heteroatoms. The first kappa shape index (κ1) is 15.6. The summed E-state index contributed by atoms with van der Waals surface area (Å²) in [5.41, 5.74) is 6.47. The summed E-state index contributed by atoms with van der Waals surface area (Å²) in [6.45, 7) is -0.129. The second-order valence-corrected chi connectivity index (χ2v) is 6.70. The standard InChI is InChI=1S/C15H16FNO3S/c16-12-3-7-15(8-4-12)21(19,20)14-5-1-11(2-6-14)9-13(17)10-18/h1-8,13,18H,9-10,17H2/t13-/m0/s1. The number of halogens is 1. The number of benzene rings is 2. The van der Waals surface area contributed by atoms with Crippen molar-refractivity contribution in [2.45, 2.75) is 22.3 Å². The minimum Gasteiger partial charge on any atom is -0.395 e. The van der Waals surface area contributed by atoms with Gasteiger partial charge in [0.05, 0.1) is 16.4 Å². The highest BCUT2D eigenvalue weighted by molar-refractivity contribution is 7.91. The van der Waals surface area contributed by atoms with Gasteiger partial charge in [0.1, 0.15) is 5.82 Å². The molecule has 0 heterocycles. The molecule has 0 unspecified atom stereocenters. The molecule has 0 radical (unpaired) electrons. The zero-order valence-electron chi connectivity index (χ0n) is 11.2. The maximum absolute atomic E-state index is 12.9. The third-order valence-corrected chi connectivity index (χ3v) is 4.88. The third-order valence-electron chi connectivity index (χ3n) is 3.09. The van der Waals surface area contributed by atoms with Crippen LogP contribution >= 0.6 is 0 Å². The molecule has 21 heavy (non-hydrogen) atoms. The smallest absolute Gasteiger partial charge is 0.206 e. The monoisotopic (exact) mass is 309 g/mol. The average Bonchev–Trinajstić information content (AvgIpc) is 2.48. The number of rotatable bonds is 5. The Morgan fingerprint density at radius 3 is 1.95 bits per heavy atom. The summed E-state index contributed by atoms with van der Waals surface area (Å²) in [6.07, 6.45) is 0.466. The summed E-state index contributed by atoms with van der Waals surface area (Å²) in [5, 5.41) is 8.90. The van der Waals surface area contributed by atoms with Crippen LogP contribution in [0.15, 0.2) is 58.3 Å². The summed E-state index contributed by atoms with van der Waals surface area (Å²) in [4.78, 5) is 0.180. The number of aliphatic hydroxyl groups excluding tert-OH is 1. The Hall–Kier alpha value is -1.76. The van der Waals surface area contributed by atoms with Gasteiger partial charge < -0.3 is 10.8 Å². The van der Waals surface area contributed by atoms with Crippen molar-refractivity contribution in [3.63, 3.8) is 0 Å². The van der Waals surface area contributed by atoms with Crippen LogP contribution in [-0.4, -0.2) is 26.2 Å². The lowest BCUT2D eigenvalue weighted by molar-refractivity contribution is 0.265. The number of hydrogen-bond acceptors (Lipinski definition) is 4. The largest absolute Gasteiger partial charge is 0.395 e. The fourth-order valence-corrected chi connectivity index (χ4v) is 3.18. The Kier molecular flexibility index (Phi) is 4.72. The fourth-order valence-electron chi connectivity index (χ4n) is 1.92. The molecule has 0 aliphatic carbocycles. The molecule has 0 aliphatic rings. The maximum atomic E-state index is 12.9. The zero-order chi connectivity index (χ0) is 15.5. The van der Waals surface area contributed by atoms with Crippen molar-refractivity contribution in [2.24, 2.45) is 5.73 Å². The summed E-state index contributed by atoms with van der Waals surface area (Å²) < 4.78 is 37.6. The van der Waals surface area contributed by atoms with Crippen molar-refractivity contribution in [1.82, 2.24) is 0 Å². The maximum Gasteiger partial charge on any atom is 0.206 e. The van der Waals surface area contributed by atoms with Gasteiger partial charge in [-0.25, -0.2) is 12.8 Å². The van der Waals surface area contributed by atoms with Crippen molar-refractivity contribution < 1.29 is 17.9 Å². The fraction of sp³-hybridized carbons (Fsp3) is 0.200. The van der Waals surface area contributed by atoms with Crippen LogP contribution in [0.5, 0.6) is 0 Å². The first-order valence-electron chi connectivity index (χ1n) is 6.39. The van der Waals surface area contributed by atoms with Gasteiger partial charge in [0.25, 0.3) is 0 Å². The topological polar surface area (TPSA) is 80.4 Å². The Bertz CT molecular complexity index is 697. The lowest BCUT2D eigenvalue weighted by Crippen LogP contribution is -2.26. The molecule has 0 fully saturated rings. The van der Waals surface area contributed by atoms with Gasteiger partial charge in [-0.1, -0.05) is 12.1 Å². The molecule has 4 nitrogen and oxygen atoms in total. The predicted octanol–water partition coefficient (Wildman–Crippen LogP) is 1.52. The van der Waals surface area contributed by atoms with Crippen LogP contribution in [0.2, 0.25) is 0 Å². The van der Waals surface area contributed by atoms with Crippen LogP contribution < -0.4 is 5.73 Å². The number of nitrogens with two attached hydrogens (primary N) is 1. The zero-order valence-corrected chi connectivity index (χ0v) is 12.1. The molecule has 0 bridgehead atoms. The van der Waals surface area contributed by atoms with Gasteiger partial charge in [-0.05, 0) is 48.4 Å². The van der Waals surface area contributed by atoms with Crippen LogP contribution in [0.3, 0.4) is 0 Å². The van der Waals surface area contributed by atoms with Gasteiger partial charge >= 0.3 is 0 Å². The SMILES string of the molecule is N[C@H](CO)Cc1ccc(S(=O)(=O)c2ccc(F)cc2)cc1. The first-order chi connectivity index (χ1) is 9.93. The number of hydrogen-bond donors (Lipinski definition) is 2. The van der Waals surface area contributed by atoms with E-state index in [1.54, 1.807) is 12.1 Å². The molecule has 0 saturated carbocycles. The molecule has 2 aromatic carbocycles. The van der Waals surface area contributed by atoms with Crippen LogP contribution in [0.1, 0.15) is 5.56 Å². The van der Waals surface area contributed by atoms with E-state index in [0.29, 0.717) is 6.42 Å². The average molecular weight is 309 g/mol. The molecular formula is C15H16FNO3S. The van der Waals surface area contributed by atoms with Crippen LogP contribution in [0.25, 0.3) is 0 Å². The molecule has 0 amide bonds. The summed E-state index contributed by atoms with van der Waals surface area (Å²) in [6, 6.07) is 10.6. The highest BCUT2D eigenvalue weighted by Gasteiger charge is 2.17. The van der Waals surface area contributed by atoms with E-state index in [1.165, 1.54) is 24.3 Å². The summed E-state index contributed by atoms with van der Waals surface area (Å²) in [5.74, 6) is -0.484. The van der Waals surface area contributed by atoms with Crippen molar-refractivity contribution in [3.05, 3.63) is 59.9 Å². The normalized spacial score (nSPS) is 13.1. The Morgan fingerprint density at radius 1 is 1.00 bits per heavy atom. The highest BCUT2D eigenvalue weighted by atomic mass is 32.2. The van der Waals surface area contributed by atoms with Crippen molar-refractivity contribution in [1.29, 1.82) is 0 Å². The summed E-state index contributed by atoms with van der Waals surface area (Å²) in [7, 11) is -3.65. The van der Waals surface area contributed by atoms with E-state index in [1.807, 2.05) is 0 Å². The van der Waals surface area contributed by atoms with Crippen LogP contribution in [0, 0.1) is 5.82 Å². The molecule has 0 spiro atoms. The van der Waals surface area contributed by atoms with Gasteiger partial charge in [-0.15, -0.1) is 0 Å². The van der Waals surface area contributed by atoms with E-state index in [2.05, 4.69) is 0 Å². The van der Waals surface area contributed by atoms with Crippen LogP contribution in [0.4, 0.5) is 4.39 Å². The molecule has 2 aromatic rings. The second-order valence-electron chi connectivity index (χ2n) is 4.75. The molecular weight excluding hydrogens is 293 g/mol. The minimum atomic E-state index is -3.65. The predicted molar refractivity (Wildman–Crippen MR) is 77.1 cm³/mol. The van der Waals surface area contributed by atoms with Crippen molar-refractivity contribution in [3.8, 4) is 0 Å². The van der Waals surface area contributed by atoms with E-state index >= 15 is 0 Å². The van der Waals surface area contributed by atoms with Crippen molar-refractivity contribution in [2.75, 3.05) is 6.61 Å². The van der Waals surface area contributed by atoms with E-state index < -0.39 is 15.7 Å². The first-order valence-corrected chi connectivity index (χ1v) is 7.88. The number of sulfone groups is 1. The van der Waals surface area contributed by atoms with Crippen LogP contribution in [-0.2, 0) is 16.3 Å². The molecule has 0 saturated heterocycles. The van der Waals surface area contributed by atoms with Gasteiger partial charge in [0.2, 0.25) is 9.84 Å².